The molecule has 0 bridgehead atoms. The Kier molecular flexibility index (Phi) is 3.26. The number of aromatic nitrogens is 1. The lowest BCUT2D eigenvalue weighted by molar-refractivity contribution is -0.385. The molecule has 0 atom stereocenters. The largest absolute Gasteiger partial charge is 0.349 e. The number of benzene rings is 1. The van der Waals surface area contributed by atoms with Crippen molar-refractivity contribution in [2.24, 2.45) is 0 Å². The quantitative estimate of drug-likeness (QED) is 0.636. The van der Waals surface area contributed by atoms with Gasteiger partial charge in [-0.2, -0.15) is 4.31 Å². The monoisotopic (exact) mass is 307 g/mol. The zero-order valence-electron chi connectivity index (χ0n) is 11.0. The number of nitro groups is 1. The van der Waals surface area contributed by atoms with Gasteiger partial charge >= 0.3 is 0 Å². The molecule has 2 heterocycles. The van der Waals surface area contributed by atoms with Gasteiger partial charge in [0.15, 0.2) is 0 Å². The lowest BCUT2D eigenvalue weighted by atomic mass is 10.3. The van der Waals surface area contributed by atoms with Gasteiger partial charge in [-0.05, 0) is 18.2 Å². The number of hydrogen-bond donors (Lipinski definition) is 0. The van der Waals surface area contributed by atoms with Crippen LogP contribution in [0.5, 0.6) is 0 Å². The molecule has 110 valence electrons. The van der Waals surface area contributed by atoms with E-state index in [4.69, 9.17) is 0 Å². The first-order valence-electron chi connectivity index (χ1n) is 6.37. The Balaban J connectivity index is 1.94. The molecule has 2 aromatic rings. The van der Waals surface area contributed by atoms with Crippen LogP contribution in [0.1, 0.15) is 5.69 Å². The lowest BCUT2D eigenvalue weighted by Crippen LogP contribution is -2.37. The van der Waals surface area contributed by atoms with Crippen molar-refractivity contribution in [1.29, 1.82) is 0 Å². The minimum absolute atomic E-state index is 0.0447. The second-order valence-electron chi connectivity index (χ2n) is 4.79. The molecule has 0 saturated heterocycles. The molecule has 0 radical (unpaired) electrons. The SMILES string of the molecule is O=[N+]([O-])c1cccc(S(=O)(=O)N2CCn3cccc3C2)c1. The van der Waals surface area contributed by atoms with E-state index in [0.29, 0.717) is 13.1 Å². The van der Waals surface area contributed by atoms with Crippen molar-refractivity contribution in [3.63, 3.8) is 0 Å². The number of non-ortho nitro benzene ring substituents is 1. The van der Waals surface area contributed by atoms with E-state index in [9.17, 15) is 18.5 Å². The highest BCUT2D eigenvalue weighted by atomic mass is 32.2. The van der Waals surface area contributed by atoms with Gasteiger partial charge < -0.3 is 4.57 Å². The summed E-state index contributed by atoms with van der Waals surface area (Å²) in [6, 6.07) is 8.89. The highest BCUT2D eigenvalue weighted by molar-refractivity contribution is 7.89. The molecule has 1 aliphatic rings. The second-order valence-corrected chi connectivity index (χ2v) is 6.72. The Morgan fingerprint density at radius 2 is 1.95 bits per heavy atom. The van der Waals surface area contributed by atoms with Crippen molar-refractivity contribution in [3.8, 4) is 0 Å². The number of hydrogen-bond acceptors (Lipinski definition) is 4. The molecule has 0 amide bonds. The average molecular weight is 307 g/mol. The van der Waals surface area contributed by atoms with Crippen molar-refractivity contribution >= 4 is 15.7 Å². The summed E-state index contributed by atoms with van der Waals surface area (Å²) in [6.07, 6.45) is 1.91. The summed E-state index contributed by atoms with van der Waals surface area (Å²) in [4.78, 5) is 10.1. The smallest absolute Gasteiger partial charge is 0.270 e. The minimum Gasteiger partial charge on any atom is -0.349 e. The minimum atomic E-state index is -3.72. The summed E-state index contributed by atoms with van der Waals surface area (Å²) >= 11 is 0. The van der Waals surface area contributed by atoms with Crippen molar-refractivity contribution in [2.75, 3.05) is 6.54 Å². The Morgan fingerprint density at radius 1 is 1.14 bits per heavy atom. The predicted molar refractivity (Wildman–Crippen MR) is 75.1 cm³/mol. The molecule has 1 aliphatic heterocycles. The molecule has 7 nitrogen and oxygen atoms in total. The molecule has 0 N–H and O–H groups in total. The van der Waals surface area contributed by atoms with Gasteiger partial charge in [-0.25, -0.2) is 8.42 Å². The number of nitrogens with zero attached hydrogens (tertiary/aromatic N) is 3. The number of nitro benzene ring substituents is 1. The summed E-state index contributed by atoms with van der Waals surface area (Å²) in [5, 5.41) is 10.8. The zero-order chi connectivity index (χ0) is 15.0. The first-order chi connectivity index (χ1) is 9.98. The second kappa shape index (κ2) is 4.97. The van der Waals surface area contributed by atoms with Crippen LogP contribution in [-0.4, -0.2) is 28.8 Å². The van der Waals surface area contributed by atoms with Crippen molar-refractivity contribution < 1.29 is 13.3 Å². The maximum Gasteiger partial charge on any atom is 0.270 e. The van der Waals surface area contributed by atoms with E-state index >= 15 is 0 Å². The zero-order valence-corrected chi connectivity index (χ0v) is 11.9. The van der Waals surface area contributed by atoms with Gasteiger partial charge in [-0.15, -0.1) is 0 Å². The van der Waals surface area contributed by atoms with Crippen molar-refractivity contribution in [3.05, 3.63) is 58.4 Å². The molecule has 21 heavy (non-hydrogen) atoms. The van der Waals surface area contributed by atoms with Gasteiger partial charge in [0.05, 0.1) is 16.4 Å². The van der Waals surface area contributed by atoms with Crippen LogP contribution in [-0.2, 0) is 23.1 Å². The Morgan fingerprint density at radius 3 is 2.71 bits per heavy atom. The van der Waals surface area contributed by atoms with Crippen LogP contribution >= 0.6 is 0 Å². The highest BCUT2D eigenvalue weighted by Gasteiger charge is 2.29. The summed E-state index contributed by atoms with van der Waals surface area (Å²) in [7, 11) is -3.72. The first kappa shape index (κ1) is 13.8. The van der Waals surface area contributed by atoms with E-state index in [-0.39, 0.29) is 17.1 Å². The van der Waals surface area contributed by atoms with Crippen LogP contribution in [0.4, 0.5) is 5.69 Å². The maximum atomic E-state index is 12.6. The lowest BCUT2D eigenvalue weighted by Gasteiger charge is -2.27. The van der Waals surface area contributed by atoms with E-state index in [0.717, 1.165) is 11.8 Å². The number of rotatable bonds is 3. The van der Waals surface area contributed by atoms with E-state index in [1.807, 2.05) is 22.9 Å². The van der Waals surface area contributed by atoms with Crippen LogP contribution in [0, 0.1) is 10.1 Å². The maximum absolute atomic E-state index is 12.6. The van der Waals surface area contributed by atoms with E-state index < -0.39 is 14.9 Å². The fourth-order valence-electron chi connectivity index (χ4n) is 2.40. The van der Waals surface area contributed by atoms with Gasteiger partial charge in [0.1, 0.15) is 0 Å². The van der Waals surface area contributed by atoms with E-state index in [1.54, 1.807) is 0 Å². The van der Waals surface area contributed by atoms with Crippen LogP contribution < -0.4 is 0 Å². The fraction of sp³-hybridized carbons (Fsp3) is 0.231. The topological polar surface area (TPSA) is 85.4 Å². The molecule has 0 aliphatic carbocycles. The molecule has 0 unspecified atom stereocenters. The molecule has 0 saturated carbocycles. The van der Waals surface area contributed by atoms with Crippen LogP contribution in [0.2, 0.25) is 0 Å². The first-order valence-corrected chi connectivity index (χ1v) is 7.81. The summed E-state index contributed by atoms with van der Waals surface area (Å²) < 4.78 is 28.5. The highest BCUT2D eigenvalue weighted by Crippen LogP contribution is 2.24. The molecule has 3 rings (SSSR count). The Bertz CT molecular complexity index is 797. The fourth-order valence-corrected chi connectivity index (χ4v) is 3.84. The molecule has 1 aromatic carbocycles. The molecular weight excluding hydrogens is 294 g/mol. The summed E-state index contributed by atoms with van der Waals surface area (Å²) in [6.45, 7) is 1.21. The molecule has 0 fully saturated rings. The van der Waals surface area contributed by atoms with Gasteiger partial charge in [0, 0.05) is 37.1 Å². The molecule has 0 spiro atoms. The predicted octanol–water partition coefficient (Wildman–Crippen LogP) is 1.60. The van der Waals surface area contributed by atoms with Crippen LogP contribution in [0.25, 0.3) is 0 Å². The number of fused-ring (bicyclic) bond motifs is 1. The third-order valence-corrected chi connectivity index (χ3v) is 5.36. The van der Waals surface area contributed by atoms with Crippen LogP contribution in [0.15, 0.2) is 47.5 Å². The normalized spacial score (nSPS) is 15.6. The van der Waals surface area contributed by atoms with E-state index in [2.05, 4.69) is 0 Å². The summed E-state index contributed by atoms with van der Waals surface area (Å²) in [5.74, 6) is 0. The third kappa shape index (κ3) is 2.43. The molecule has 1 aromatic heterocycles. The van der Waals surface area contributed by atoms with Gasteiger partial charge in [-0.1, -0.05) is 6.07 Å². The summed E-state index contributed by atoms with van der Waals surface area (Å²) in [5.41, 5.74) is 0.687. The Labute approximate surface area is 121 Å². The van der Waals surface area contributed by atoms with Gasteiger partial charge in [0.25, 0.3) is 5.69 Å². The Hall–Kier alpha value is -2.19. The van der Waals surface area contributed by atoms with Gasteiger partial charge in [0.2, 0.25) is 10.0 Å². The van der Waals surface area contributed by atoms with Crippen LogP contribution in [0.3, 0.4) is 0 Å². The number of sulfonamides is 1. The van der Waals surface area contributed by atoms with Gasteiger partial charge in [-0.3, -0.25) is 10.1 Å². The molecule has 8 heteroatoms. The third-order valence-electron chi connectivity index (χ3n) is 3.52. The molecular formula is C13H13N3O4S. The van der Waals surface area contributed by atoms with Crippen molar-refractivity contribution in [2.45, 2.75) is 18.0 Å². The average Bonchev–Trinajstić information content (AvgIpc) is 2.94. The standard InChI is InChI=1S/C13H13N3O4S/c17-16(18)11-3-1-5-13(9-11)21(19,20)15-8-7-14-6-2-4-12(14)10-15/h1-6,9H,7-8,10H2. The van der Waals surface area contributed by atoms with E-state index in [1.165, 1.54) is 22.5 Å². The van der Waals surface area contributed by atoms with Crippen molar-refractivity contribution in [1.82, 2.24) is 8.87 Å².